The summed E-state index contributed by atoms with van der Waals surface area (Å²) in [6.45, 7) is 3.51. The molecule has 6 heteroatoms. The standard InChI is InChI=1S/C13H12FNO4/c1-3-18-13-10(12(16)17)15-11(19-13)8-6-4-5-7(2)9(8)14/h4-6H,3H2,1-2H3,(H,16,17). The SMILES string of the molecule is CCOc1oc(-c2cccc(C)c2F)nc1C(=O)O. The quantitative estimate of drug-likeness (QED) is 0.920. The van der Waals surface area contributed by atoms with Crippen LogP contribution < -0.4 is 4.74 Å². The highest BCUT2D eigenvalue weighted by Gasteiger charge is 2.23. The van der Waals surface area contributed by atoms with E-state index in [-0.39, 0.29) is 29.7 Å². The van der Waals surface area contributed by atoms with Crippen molar-refractivity contribution in [2.75, 3.05) is 6.61 Å². The Bertz CT molecular complexity index is 621. The van der Waals surface area contributed by atoms with Gasteiger partial charge < -0.3 is 14.3 Å². The lowest BCUT2D eigenvalue weighted by Crippen LogP contribution is -2.01. The Balaban J connectivity index is 2.54. The van der Waals surface area contributed by atoms with E-state index in [0.717, 1.165) is 0 Å². The molecule has 0 atom stereocenters. The second-order valence-electron chi connectivity index (χ2n) is 3.83. The van der Waals surface area contributed by atoms with Crippen LogP contribution in [0.4, 0.5) is 4.39 Å². The van der Waals surface area contributed by atoms with Crippen LogP contribution in [0, 0.1) is 12.7 Å². The summed E-state index contributed by atoms with van der Waals surface area (Å²) in [5.74, 6) is -2.11. The molecule has 0 spiro atoms. The van der Waals surface area contributed by atoms with Gasteiger partial charge in [0, 0.05) is 0 Å². The lowest BCUT2D eigenvalue weighted by Gasteiger charge is -2.00. The van der Waals surface area contributed by atoms with Crippen molar-refractivity contribution in [3.63, 3.8) is 0 Å². The zero-order valence-corrected chi connectivity index (χ0v) is 10.4. The summed E-state index contributed by atoms with van der Waals surface area (Å²) in [5, 5.41) is 8.98. The van der Waals surface area contributed by atoms with Crippen molar-refractivity contribution in [2.24, 2.45) is 0 Å². The molecule has 19 heavy (non-hydrogen) atoms. The average Bonchev–Trinajstić information content (AvgIpc) is 2.77. The second-order valence-corrected chi connectivity index (χ2v) is 3.83. The molecule has 0 aliphatic heterocycles. The van der Waals surface area contributed by atoms with Crippen molar-refractivity contribution in [1.29, 1.82) is 0 Å². The predicted molar refractivity (Wildman–Crippen MR) is 64.8 cm³/mol. The fourth-order valence-corrected chi connectivity index (χ4v) is 1.60. The summed E-state index contributed by atoms with van der Waals surface area (Å²) in [6.07, 6.45) is 0. The van der Waals surface area contributed by atoms with Gasteiger partial charge in [0.15, 0.2) is 0 Å². The molecule has 2 aromatic rings. The first-order valence-corrected chi connectivity index (χ1v) is 5.67. The molecule has 0 unspecified atom stereocenters. The van der Waals surface area contributed by atoms with Crippen LogP contribution in [-0.4, -0.2) is 22.7 Å². The number of rotatable bonds is 4. The highest BCUT2D eigenvalue weighted by Crippen LogP contribution is 2.30. The normalized spacial score (nSPS) is 10.5. The van der Waals surface area contributed by atoms with Crippen LogP contribution in [0.5, 0.6) is 5.95 Å². The molecule has 1 N–H and O–H groups in total. The maximum atomic E-state index is 13.9. The first-order chi connectivity index (χ1) is 9.04. The fraction of sp³-hybridized carbons (Fsp3) is 0.231. The minimum atomic E-state index is -1.29. The number of hydrogen-bond donors (Lipinski definition) is 1. The number of nitrogens with zero attached hydrogens (tertiary/aromatic N) is 1. The van der Waals surface area contributed by atoms with Gasteiger partial charge in [-0.1, -0.05) is 12.1 Å². The molecule has 0 amide bonds. The van der Waals surface area contributed by atoms with E-state index in [4.69, 9.17) is 14.3 Å². The maximum Gasteiger partial charge on any atom is 0.362 e. The lowest BCUT2D eigenvalue weighted by atomic mass is 10.1. The molecule has 0 fully saturated rings. The summed E-state index contributed by atoms with van der Waals surface area (Å²) in [7, 11) is 0. The van der Waals surface area contributed by atoms with Gasteiger partial charge in [0.25, 0.3) is 0 Å². The molecular weight excluding hydrogens is 253 g/mol. The van der Waals surface area contributed by atoms with Crippen molar-refractivity contribution in [3.8, 4) is 17.4 Å². The number of halogens is 1. The van der Waals surface area contributed by atoms with Gasteiger partial charge in [0.1, 0.15) is 5.82 Å². The number of carboxylic acid groups (broad SMARTS) is 1. The van der Waals surface area contributed by atoms with E-state index in [1.54, 1.807) is 26.0 Å². The average molecular weight is 265 g/mol. The fourth-order valence-electron chi connectivity index (χ4n) is 1.60. The molecular formula is C13H12FNO4. The first kappa shape index (κ1) is 13.1. The third-order valence-electron chi connectivity index (χ3n) is 2.50. The summed E-state index contributed by atoms with van der Waals surface area (Å²) >= 11 is 0. The molecule has 1 heterocycles. The van der Waals surface area contributed by atoms with Crippen molar-refractivity contribution in [1.82, 2.24) is 4.98 Å². The van der Waals surface area contributed by atoms with Gasteiger partial charge in [-0.3, -0.25) is 0 Å². The van der Waals surface area contributed by atoms with Crippen LogP contribution in [0.15, 0.2) is 22.6 Å². The third kappa shape index (κ3) is 2.42. The van der Waals surface area contributed by atoms with Gasteiger partial charge >= 0.3 is 11.9 Å². The van der Waals surface area contributed by atoms with Gasteiger partial charge in [-0.15, -0.1) is 0 Å². The monoisotopic (exact) mass is 265 g/mol. The Morgan fingerprint density at radius 1 is 1.53 bits per heavy atom. The van der Waals surface area contributed by atoms with Crippen molar-refractivity contribution < 1.29 is 23.4 Å². The summed E-state index contributed by atoms with van der Waals surface area (Å²) in [5.41, 5.74) is 0.164. The van der Waals surface area contributed by atoms with E-state index >= 15 is 0 Å². The smallest absolute Gasteiger partial charge is 0.362 e. The van der Waals surface area contributed by atoms with Crippen molar-refractivity contribution in [3.05, 3.63) is 35.3 Å². The van der Waals surface area contributed by atoms with E-state index in [2.05, 4.69) is 4.98 Å². The number of benzene rings is 1. The summed E-state index contributed by atoms with van der Waals surface area (Å²) in [6, 6.07) is 4.71. The molecule has 1 aromatic carbocycles. The minimum absolute atomic E-state index is 0.105. The highest BCUT2D eigenvalue weighted by molar-refractivity contribution is 5.88. The molecule has 0 radical (unpaired) electrons. The number of carboxylic acids is 1. The molecule has 1 aromatic heterocycles. The lowest BCUT2D eigenvalue weighted by molar-refractivity contribution is 0.0683. The topological polar surface area (TPSA) is 72.6 Å². The predicted octanol–water partition coefficient (Wildman–Crippen LogP) is 2.89. The highest BCUT2D eigenvalue weighted by atomic mass is 19.1. The number of ether oxygens (including phenoxy) is 1. The van der Waals surface area contributed by atoms with Gasteiger partial charge in [-0.25, -0.2) is 9.18 Å². The largest absolute Gasteiger partial charge is 0.476 e. The van der Waals surface area contributed by atoms with E-state index in [9.17, 15) is 9.18 Å². The van der Waals surface area contributed by atoms with Gasteiger partial charge in [-0.05, 0) is 25.5 Å². The first-order valence-electron chi connectivity index (χ1n) is 5.67. The van der Waals surface area contributed by atoms with Crippen LogP contribution in [0.1, 0.15) is 23.0 Å². The number of aromatic nitrogens is 1. The van der Waals surface area contributed by atoms with Crippen LogP contribution in [0.25, 0.3) is 11.5 Å². The van der Waals surface area contributed by atoms with E-state index in [1.807, 2.05) is 0 Å². The van der Waals surface area contributed by atoms with Crippen LogP contribution in [0.3, 0.4) is 0 Å². The number of carbonyl (C=O) groups is 1. The molecule has 0 bridgehead atoms. The van der Waals surface area contributed by atoms with Gasteiger partial charge in [-0.2, -0.15) is 4.98 Å². The van der Waals surface area contributed by atoms with E-state index in [0.29, 0.717) is 5.56 Å². The Morgan fingerprint density at radius 2 is 2.26 bits per heavy atom. The summed E-state index contributed by atoms with van der Waals surface area (Å²) in [4.78, 5) is 14.8. The molecule has 0 aliphatic rings. The molecule has 0 aliphatic carbocycles. The number of aryl methyl sites for hydroxylation is 1. The Morgan fingerprint density at radius 3 is 2.89 bits per heavy atom. The molecule has 2 rings (SSSR count). The number of hydrogen-bond acceptors (Lipinski definition) is 4. The van der Waals surface area contributed by atoms with Crippen molar-refractivity contribution in [2.45, 2.75) is 13.8 Å². The maximum absolute atomic E-state index is 13.9. The van der Waals surface area contributed by atoms with Gasteiger partial charge in [0.05, 0.1) is 12.2 Å². The zero-order chi connectivity index (χ0) is 14.0. The third-order valence-corrected chi connectivity index (χ3v) is 2.50. The second kappa shape index (κ2) is 5.09. The zero-order valence-electron chi connectivity index (χ0n) is 10.4. The van der Waals surface area contributed by atoms with E-state index < -0.39 is 11.8 Å². The molecule has 0 saturated heterocycles. The van der Waals surface area contributed by atoms with Crippen LogP contribution in [0.2, 0.25) is 0 Å². The summed E-state index contributed by atoms with van der Waals surface area (Å²) < 4.78 is 24.1. The van der Waals surface area contributed by atoms with Crippen LogP contribution >= 0.6 is 0 Å². The van der Waals surface area contributed by atoms with Gasteiger partial charge in [0.2, 0.25) is 11.6 Å². The Labute approximate surface area is 108 Å². The minimum Gasteiger partial charge on any atom is -0.476 e. The molecule has 0 saturated carbocycles. The van der Waals surface area contributed by atoms with Crippen molar-refractivity contribution >= 4 is 5.97 Å². The number of aromatic carboxylic acids is 1. The molecule has 100 valence electrons. The number of oxazole rings is 1. The Kier molecular flexibility index (Phi) is 3.50. The molecule has 5 nitrogen and oxygen atoms in total. The van der Waals surface area contributed by atoms with Crippen LogP contribution in [-0.2, 0) is 0 Å². The van der Waals surface area contributed by atoms with E-state index in [1.165, 1.54) is 6.07 Å². The Hall–Kier alpha value is -2.37.